The van der Waals surface area contributed by atoms with Crippen LogP contribution >= 0.6 is 0 Å². The first-order valence-corrected chi connectivity index (χ1v) is 8.38. The molecule has 0 aliphatic carbocycles. The number of esters is 1. The van der Waals surface area contributed by atoms with Crippen LogP contribution in [-0.4, -0.2) is 30.3 Å². The van der Waals surface area contributed by atoms with Crippen LogP contribution in [0.3, 0.4) is 0 Å². The molecule has 2 aromatic carbocycles. The summed E-state index contributed by atoms with van der Waals surface area (Å²) >= 11 is 0. The molecule has 0 saturated carbocycles. The highest BCUT2D eigenvalue weighted by molar-refractivity contribution is 5.99. The Bertz CT molecular complexity index is 757. The van der Waals surface area contributed by atoms with Crippen molar-refractivity contribution in [1.29, 1.82) is 0 Å². The average Bonchev–Trinajstić information content (AvgIpc) is 2.66. The van der Waals surface area contributed by atoms with Crippen LogP contribution in [-0.2, 0) is 9.53 Å². The molecule has 1 atom stereocenters. The van der Waals surface area contributed by atoms with Gasteiger partial charge in [-0.05, 0) is 26.0 Å². The zero-order chi connectivity index (χ0) is 18.9. The van der Waals surface area contributed by atoms with E-state index in [0.29, 0.717) is 11.1 Å². The standard InChI is InChI=1S/C20H22N2O4/c1-3-26-20(25)17(13-18(23)15-11-9-14(2)10-12-15)21-22-19(24)16-7-5-4-6-8-16/h4-12,17,21H,3,13H2,1-2H3,(H,22,24). The van der Waals surface area contributed by atoms with Crippen molar-refractivity contribution < 1.29 is 19.1 Å². The molecule has 2 aromatic rings. The summed E-state index contributed by atoms with van der Waals surface area (Å²) in [5.74, 6) is -1.21. The lowest BCUT2D eigenvalue weighted by Gasteiger charge is -2.17. The van der Waals surface area contributed by atoms with Crippen molar-refractivity contribution in [3.63, 3.8) is 0 Å². The minimum Gasteiger partial charge on any atom is -0.465 e. The van der Waals surface area contributed by atoms with E-state index in [1.54, 1.807) is 49.4 Å². The van der Waals surface area contributed by atoms with Gasteiger partial charge in [0.2, 0.25) is 0 Å². The van der Waals surface area contributed by atoms with Crippen molar-refractivity contribution in [2.75, 3.05) is 6.61 Å². The van der Waals surface area contributed by atoms with E-state index < -0.39 is 17.9 Å². The Kier molecular flexibility index (Phi) is 7.05. The van der Waals surface area contributed by atoms with Gasteiger partial charge in [-0.15, -0.1) is 0 Å². The molecule has 0 saturated heterocycles. The average molecular weight is 354 g/mol. The highest BCUT2D eigenvalue weighted by Crippen LogP contribution is 2.09. The van der Waals surface area contributed by atoms with Crippen LogP contribution in [0.15, 0.2) is 54.6 Å². The van der Waals surface area contributed by atoms with E-state index in [1.165, 1.54) is 0 Å². The van der Waals surface area contributed by atoms with Gasteiger partial charge >= 0.3 is 5.97 Å². The van der Waals surface area contributed by atoms with Gasteiger partial charge in [-0.1, -0.05) is 48.0 Å². The number of benzene rings is 2. The minimum absolute atomic E-state index is 0.128. The van der Waals surface area contributed by atoms with Crippen molar-refractivity contribution in [3.05, 3.63) is 71.3 Å². The van der Waals surface area contributed by atoms with Crippen molar-refractivity contribution in [2.45, 2.75) is 26.3 Å². The van der Waals surface area contributed by atoms with Gasteiger partial charge in [0.15, 0.2) is 5.78 Å². The summed E-state index contributed by atoms with van der Waals surface area (Å²) in [6, 6.07) is 14.7. The number of hydrazine groups is 1. The molecule has 2 N–H and O–H groups in total. The number of rotatable bonds is 8. The first-order chi connectivity index (χ1) is 12.5. The fraction of sp³-hybridized carbons (Fsp3) is 0.250. The van der Waals surface area contributed by atoms with Crippen LogP contribution in [0.4, 0.5) is 0 Å². The van der Waals surface area contributed by atoms with Crippen LogP contribution in [0.25, 0.3) is 0 Å². The van der Waals surface area contributed by atoms with Gasteiger partial charge < -0.3 is 4.74 Å². The maximum atomic E-state index is 12.4. The number of hydrogen-bond donors (Lipinski definition) is 2. The van der Waals surface area contributed by atoms with Gasteiger partial charge in [0.05, 0.1) is 6.61 Å². The van der Waals surface area contributed by atoms with Gasteiger partial charge in [-0.25, -0.2) is 5.43 Å². The number of carbonyl (C=O) groups is 3. The highest BCUT2D eigenvalue weighted by atomic mass is 16.5. The number of Topliss-reactive ketones (excluding diaryl/α,β-unsaturated/α-hetero) is 1. The normalized spacial score (nSPS) is 11.5. The van der Waals surface area contributed by atoms with Crippen LogP contribution in [0.5, 0.6) is 0 Å². The maximum Gasteiger partial charge on any atom is 0.325 e. The molecule has 0 bridgehead atoms. The van der Waals surface area contributed by atoms with Crippen molar-refractivity contribution in [3.8, 4) is 0 Å². The topological polar surface area (TPSA) is 84.5 Å². The second kappa shape index (κ2) is 9.48. The van der Waals surface area contributed by atoms with Crippen molar-refractivity contribution in [1.82, 2.24) is 10.9 Å². The molecular formula is C20H22N2O4. The largest absolute Gasteiger partial charge is 0.465 e. The predicted molar refractivity (Wildman–Crippen MR) is 97.6 cm³/mol. The number of carbonyl (C=O) groups excluding carboxylic acids is 3. The van der Waals surface area contributed by atoms with E-state index in [9.17, 15) is 14.4 Å². The number of amides is 1. The van der Waals surface area contributed by atoms with Crippen LogP contribution in [0.2, 0.25) is 0 Å². The van der Waals surface area contributed by atoms with E-state index in [0.717, 1.165) is 5.56 Å². The van der Waals surface area contributed by atoms with Gasteiger partial charge in [0.1, 0.15) is 6.04 Å². The molecule has 1 amide bonds. The van der Waals surface area contributed by atoms with E-state index in [1.807, 2.05) is 19.1 Å². The van der Waals surface area contributed by atoms with Crippen LogP contribution < -0.4 is 10.9 Å². The van der Waals surface area contributed by atoms with Crippen LogP contribution in [0.1, 0.15) is 39.6 Å². The number of hydrogen-bond acceptors (Lipinski definition) is 5. The Morgan fingerprint density at radius 1 is 0.962 bits per heavy atom. The highest BCUT2D eigenvalue weighted by Gasteiger charge is 2.24. The smallest absolute Gasteiger partial charge is 0.325 e. The maximum absolute atomic E-state index is 12.4. The first-order valence-electron chi connectivity index (χ1n) is 8.38. The van der Waals surface area contributed by atoms with Gasteiger partial charge in [-0.3, -0.25) is 19.8 Å². The summed E-state index contributed by atoms with van der Waals surface area (Å²) in [4.78, 5) is 36.7. The molecule has 26 heavy (non-hydrogen) atoms. The van der Waals surface area contributed by atoms with E-state index >= 15 is 0 Å². The molecule has 6 nitrogen and oxygen atoms in total. The SMILES string of the molecule is CCOC(=O)C(CC(=O)c1ccc(C)cc1)NNC(=O)c1ccccc1. The molecule has 0 aliphatic heterocycles. The summed E-state index contributed by atoms with van der Waals surface area (Å²) < 4.78 is 4.99. The molecule has 6 heteroatoms. The fourth-order valence-corrected chi connectivity index (χ4v) is 2.29. The molecule has 0 spiro atoms. The summed E-state index contributed by atoms with van der Waals surface area (Å²) in [5, 5.41) is 0. The molecule has 0 fully saturated rings. The lowest BCUT2D eigenvalue weighted by atomic mass is 10.0. The lowest BCUT2D eigenvalue weighted by molar-refractivity contribution is -0.145. The molecule has 0 radical (unpaired) electrons. The van der Waals surface area contributed by atoms with Crippen molar-refractivity contribution in [2.24, 2.45) is 0 Å². The molecule has 2 rings (SSSR count). The minimum atomic E-state index is -0.976. The summed E-state index contributed by atoms with van der Waals surface area (Å²) in [5.41, 5.74) is 7.06. The Morgan fingerprint density at radius 2 is 1.62 bits per heavy atom. The second-order valence-electron chi connectivity index (χ2n) is 5.76. The number of ether oxygens (including phenoxy) is 1. The number of ketones is 1. The fourth-order valence-electron chi connectivity index (χ4n) is 2.29. The molecule has 1 unspecified atom stereocenters. The molecular weight excluding hydrogens is 332 g/mol. The summed E-state index contributed by atoms with van der Waals surface area (Å²) in [6.45, 7) is 3.79. The second-order valence-corrected chi connectivity index (χ2v) is 5.76. The third kappa shape index (κ3) is 5.53. The molecule has 0 aliphatic rings. The first kappa shape index (κ1) is 19.3. The third-order valence-electron chi connectivity index (χ3n) is 3.73. The monoisotopic (exact) mass is 354 g/mol. The molecule has 0 aromatic heterocycles. The predicted octanol–water partition coefficient (Wildman–Crippen LogP) is 2.43. The lowest BCUT2D eigenvalue weighted by Crippen LogP contribution is -2.49. The summed E-state index contributed by atoms with van der Waals surface area (Å²) in [6.07, 6.45) is -0.128. The molecule has 136 valence electrons. The number of aryl methyl sites for hydroxylation is 1. The Labute approximate surface area is 152 Å². The Hall–Kier alpha value is -2.99. The quantitative estimate of drug-likeness (QED) is 0.432. The zero-order valence-corrected chi connectivity index (χ0v) is 14.8. The van der Waals surface area contributed by atoms with E-state index in [2.05, 4.69) is 10.9 Å². The van der Waals surface area contributed by atoms with E-state index in [4.69, 9.17) is 4.74 Å². The van der Waals surface area contributed by atoms with Gasteiger partial charge in [0, 0.05) is 17.5 Å². The van der Waals surface area contributed by atoms with Crippen LogP contribution in [0, 0.1) is 6.92 Å². The van der Waals surface area contributed by atoms with E-state index in [-0.39, 0.29) is 18.8 Å². The van der Waals surface area contributed by atoms with Crippen molar-refractivity contribution >= 4 is 17.7 Å². The Balaban J connectivity index is 2.03. The van der Waals surface area contributed by atoms with Gasteiger partial charge in [0.25, 0.3) is 5.91 Å². The zero-order valence-electron chi connectivity index (χ0n) is 14.8. The number of nitrogens with one attached hydrogen (secondary N) is 2. The van der Waals surface area contributed by atoms with Gasteiger partial charge in [-0.2, -0.15) is 0 Å². The molecule has 0 heterocycles. The Morgan fingerprint density at radius 3 is 2.23 bits per heavy atom. The third-order valence-corrected chi connectivity index (χ3v) is 3.73. The summed E-state index contributed by atoms with van der Waals surface area (Å²) in [7, 11) is 0.